The molecule has 1 aliphatic rings. The van der Waals surface area contributed by atoms with Crippen LogP contribution in [0.25, 0.3) is 0 Å². The van der Waals surface area contributed by atoms with Crippen molar-refractivity contribution in [1.82, 2.24) is 0 Å². The third kappa shape index (κ3) is 0.661. The summed E-state index contributed by atoms with van der Waals surface area (Å²) in [5.74, 6) is 0.535. The van der Waals surface area contributed by atoms with Crippen LogP contribution in [0, 0.1) is 5.92 Å². The highest BCUT2D eigenvalue weighted by Crippen LogP contribution is 2.21. The van der Waals surface area contributed by atoms with E-state index in [1.165, 1.54) is 6.26 Å². The highest BCUT2D eigenvalue weighted by molar-refractivity contribution is 4.99. The highest BCUT2D eigenvalue weighted by Gasteiger charge is 2.22. The Kier molecular flexibility index (Phi) is 1.16. The molecule has 0 radical (unpaired) electrons. The van der Waals surface area contributed by atoms with E-state index >= 15 is 0 Å². The highest BCUT2D eigenvalue weighted by atomic mass is 16.5. The van der Waals surface area contributed by atoms with Gasteiger partial charge in [-0.25, -0.2) is 0 Å². The quantitative estimate of drug-likeness (QED) is 0.516. The molecule has 2 atom stereocenters. The Morgan fingerprint density at radius 3 is 2.38 bits per heavy atom. The number of rotatable bonds is 0. The summed E-state index contributed by atoms with van der Waals surface area (Å²) >= 11 is 0. The minimum absolute atomic E-state index is 0.148. The van der Waals surface area contributed by atoms with Gasteiger partial charge in [-0.1, -0.05) is 6.92 Å². The van der Waals surface area contributed by atoms with Gasteiger partial charge in [-0.3, -0.25) is 0 Å². The molecule has 46 valence electrons. The van der Waals surface area contributed by atoms with E-state index in [-0.39, 0.29) is 12.0 Å². The topological polar surface area (TPSA) is 29.5 Å². The van der Waals surface area contributed by atoms with Gasteiger partial charge in [0.15, 0.2) is 0 Å². The summed E-state index contributed by atoms with van der Waals surface area (Å²) in [7, 11) is 0. The zero-order valence-corrected chi connectivity index (χ0v) is 5.09. The van der Waals surface area contributed by atoms with Crippen LogP contribution in [0.15, 0.2) is 12.0 Å². The second-order valence-corrected chi connectivity index (χ2v) is 2.17. The Labute approximate surface area is 48.8 Å². The number of ether oxygens (including phenoxy) is 1. The third-order valence-corrected chi connectivity index (χ3v) is 1.57. The largest absolute Gasteiger partial charge is 0.509 e. The van der Waals surface area contributed by atoms with Crippen LogP contribution in [0.5, 0.6) is 0 Å². The molecular formula is C6H10O2. The van der Waals surface area contributed by atoms with Crippen LogP contribution in [-0.2, 0) is 4.74 Å². The SMILES string of the molecule is CC1OC=C(O)C1C. The molecule has 1 aliphatic heterocycles. The number of aliphatic hydroxyl groups excluding tert-OH is 1. The van der Waals surface area contributed by atoms with Crippen LogP contribution in [0.3, 0.4) is 0 Å². The summed E-state index contributed by atoms with van der Waals surface area (Å²) in [6.45, 7) is 3.87. The first-order valence-corrected chi connectivity index (χ1v) is 2.76. The predicted molar refractivity (Wildman–Crippen MR) is 30.4 cm³/mol. The lowest BCUT2D eigenvalue weighted by molar-refractivity contribution is 0.153. The summed E-state index contributed by atoms with van der Waals surface area (Å²) in [5.41, 5.74) is 0. The average Bonchev–Trinajstić information content (AvgIpc) is 1.98. The first-order valence-electron chi connectivity index (χ1n) is 2.76. The van der Waals surface area contributed by atoms with Crippen LogP contribution in [0.1, 0.15) is 13.8 Å². The molecule has 2 unspecified atom stereocenters. The number of aliphatic hydroxyl groups is 1. The van der Waals surface area contributed by atoms with Crippen molar-refractivity contribution < 1.29 is 9.84 Å². The molecule has 1 rings (SSSR count). The van der Waals surface area contributed by atoms with Crippen LogP contribution in [0.4, 0.5) is 0 Å². The van der Waals surface area contributed by atoms with Gasteiger partial charge in [-0.15, -0.1) is 0 Å². The van der Waals surface area contributed by atoms with Gasteiger partial charge in [0.25, 0.3) is 0 Å². The Morgan fingerprint density at radius 2 is 2.25 bits per heavy atom. The normalized spacial score (nSPS) is 36.5. The summed E-state index contributed by atoms with van der Waals surface area (Å²) in [4.78, 5) is 0. The fourth-order valence-corrected chi connectivity index (χ4v) is 0.643. The van der Waals surface area contributed by atoms with E-state index in [1.807, 2.05) is 13.8 Å². The van der Waals surface area contributed by atoms with Gasteiger partial charge >= 0.3 is 0 Å². The van der Waals surface area contributed by atoms with Crippen LogP contribution >= 0.6 is 0 Å². The maximum atomic E-state index is 8.90. The first-order chi connectivity index (χ1) is 3.72. The second-order valence-electron chi connectivity index (χ2n) is 2.17. The van der Waals surface area contributed by atoms with Gasteiger partial charge in [-0.2, -0.15) is 0 Å². The van der Waals surface area contributed by atoms with Crippen molar-refractivity contribution in [1.29, 1.82) is 0 Å². The monoisotopic (exact) mass is 114 g/mol. The standard InChI is InChI=1S/C6H10O2/c1-4-5(2)8-3-6(4)7/h3-5,7H,1-2H3. The number of hydrogen-bond donors (Lipinski definition) is 1. The average molecular weight is 114 g/mol. The summed E-state index contributed by atoms with van der Waals surface area (Å²) in [6, 6.07) is 0. The maximum Gasteiger partial charge on any atom is 0.133 e. The molecule has 1 N–H and O–H groups in total. The molecule has 0 aliphatic carbocycles. The molecule has 1 heterocycles. The minimum Gasteiger partial charge on any atom is -0.509 e. The summed E-state index contributed by atoms with van der Waals surface area (Å²) in [6.07, 6.45) is 1.56. The number of hydrogen-bond acceptors (Lipinski definition) is 2. The van der Waals surface area contributed by atoms with Gasteiger partial charge in [0.2, 0.25) is 0 Å². The van der Waals surface area contributed by atoms with Crippen LogP contribution in [0.2, 0.25) is 0 Å². The Morgan fingerprint density at radius 1 is 1.62 bits per heavy atom. The Balaban J connectivity index is 2.59. The van der Waals surface area contributed by atoms with E-state index in [0.29, 0.717) is 5.76 Å². The molecule has 0 aromatic carbocycles. The van der Waals surface area contributed by atoms with Crippen molar-refractivity contribution in [3.8, 4) is 0 Å². The van der Waals surface area contributed by atoms with Gasteiger partial charge < -0.3 is 9.84 Å². The lowest BCUT2D eigenvalue weighted by Gasteiger charge is -2.07. The van der Waals surface area contributed by atoms with Gasteiger partial charge in [-0.05, 0) is 6.92 Å². The lowest BCUT2D eigenvalue weighted by atomic mass is 10.1. The van der Waals surface area contributed by atoms with Crippen LogP contribution < -0.4 is 0 Å². The zero-order chi connectivity index (χ0) is 6.15. The van der Waals surface area contributed by atoms with Crippen molar-refractivity contribution in [3.63, 3.8) is 0 Å². The molecular weight excluding hydrogens is 104 g/mol. The maximum absolute atomic E-state index is 8.90. The summed E-state index contributed by atoms with van der Waals surface area (Å²) in [5, 5.41) is 8.90. The molecule has 0 saturated carbocycles. The van der Waals surface area contributed by atoms with E-state index in [9.17, 15) is 0 Å². The van der Waals surface area contributed by atoms with Crippen molar-refractivity contribution >= 4 is 0 Å². The van der Waals surface area contributed by atoms with Crippen molar-refractivity contribution in [2.45, 2.75) is 20.0 Å². The Bertz CT molecular complexity index is 118. The van der Waals surface area contributed by atoms with Gasteiger partial charge in [0, 0.05) is 0 Å². The zero-order valence-electron chi connectivity index (χ0n) is 5.09. The molecule has 2 heteroatoms. The van der Waals surface area contributed by atoms with E-state index in [2.05, 4.69) is 0 Å². The second kappa shape index (κ2) is 1.69. The van der Waals surface area contributed by atoms with Crippen LogP contribution in [-0.4, -0.2) is 11.2 Å². The van der Waals surface area contributed by atoms with E-state index in [1.54, 1.807) is 0 Å². The fraction of sp³-hybridized carbons (Fsp3) is 0.667. The molecule has 0 bridgehead atoms. The van der Waals surface area contributed by atoms with E-state index in [4.69, 9.17) is 9.84 Å². The third-order valence-electron chi connectivity index (χ3n) is 1.57. The predicted octanol–water partition coefficient (Wildman–Crippen LogP) is 1.44. The molecule has 8 heavy (non-hydrogen) atoms. The smallest absolute Gasteiger partial charge is 0.133 e. The molecule has 0 amide bonds. The lowest BCUT2D eigenvalue weighted by Crippen LogP contribution is -2.09. The molecule has 0 aromatic rings. The van der Waals surface area contributed by atoms with Crippen molar-refractivity contribution in [2.24, 2.45) is 5.92 Å². The molecule has 0 fully saturated rings. The summed E-state index contributed by atoms with van der Waals surface area (Å²) < 4.78 is 4.97. The van der Waals surface area contributed by atoms with Crippen molar-refractivity contribution in [2.75, 3.05) is 0 Å². The Hall–Kier alpha value is -0.660. The first kappa shape index (κ1) is 5.48. The van der Waals surface area contributed by atoms with Gasteiger partial charge in [0.1, 0.15) is 18.1 Å². The van der Waals surface area contributed by atoms with Crippen molar-refractivity contribution in [3.05, 3.63) is 12.0 Å². The van der Waals surface area contributed by atoms with E-state index in [0.717, 1.165) is 0 Å². The molecule has 0 aromatic heterocycles. The molecule has 2 nitrogen and oxygen atoms in total. The fourth-order valence-electron chi connectivity index (χ4n) is 0.643. The van der Waals surface area contributed by atoms with Gasteiger partial charge in [0.05, 0.1) is 5.92 Å². The van der Waals surface area contributed by atoms with E-state index < -0.39 is 0 Å². The minimum atomic E-state index is 0.148. The molecule has 0 saturated heterocycles. The molecule has 0 spiro atoms.